The van der Waals surface area contributed by atoms with Crippen molar-refractivity contribution in [1.29, 1.82) is 0 Å². The summed E-state index contributed by atoms with van der Waals surface area (Å²) in [5.41, 5.74) is 2.11. The molecule has 0 bridgehead atoms. The molecule has 3 nitrogen and oxygen atoms in total. The second kappa shape index (κ2) is 7.92. The highest BCUT2D eigenvalue weighted by Gasteiger charge is 2.13. The molecule has 2 rings (SSSR count). The van der Waals surface area contributed by atoms with Gasteiger partial charge in [-0.05, 0) is 30.0 Å². The quantitative estimate of drug-likeness (QED) is 0.783. The van der Waals surface area contributed by atoms with Crippen molar-refractivity contribution in [3.05, 3.63) is 77.2 Å². The predicted octanol–water partition coefficient (Wildman–Crippen LogP) is 3.55. The summed E-state index contributed by atoms with van der Waals surface area (Å²) in [6, 6.07) is 19.5. The summed E-state index contributed by atoms with van der Waals surface area (Å²) < 4.78 is 25.8. The highest BCUT2D eigenvalue weighted by atomic mass is 32.2. The molecule has 0 fully saturated rings. The van der Waals surface area contributed by atoms with Gasteiger partial charge in [-0.15, -0.1) is 0 Å². The Hall–Kier alpha value is -1.91. The van der Waals surface area contributed by atoms with Crippen molar-refractivity contribution >= 4 is 16.1 Å². The first kappa shape index (κ1) is 16.5. The molecule has 0 saturated heterocycles. The average molecular weight is 315 g/mol. The first-order chi connectivity index (χ1) is 10.6. The van der Waals surface area contributed by atoms with Crippen molar-refractivity contribution in [2.24, 2.45) is 0 Å². The van der Waals surface area contributed by atoms with Gasteiger partial charge in [0.05, 0.1) is 0 Å². The van der Waals surface area contributed by atoms with Crippen molar-refractivity contribution in [3.8, 4) is 0 Å². The second-order valence-electron chi connectivity index (χ2n) is 5.17. The van der Waals surface area contributed by atoms with Crippen LogP contribution in [0.5, 0.6) is 0 Å². The highest BCUT2D eigenvalue weighted by Crippen LogP contribution is 2.09. The molecule has 0 unspecified atom stereocenters. The zero-order chi connectivity index (χ0) is 15.8. The lowest BCUT2D eigenvalue weighted by molar-refractivity contribution is 0.469. The van der Waals surface area contributed by atoms with Crippen LogP contribution in [0.1, 0.15) is 17.5 Å². The fourth-order valence-corrected chi connectivity index (χ4v) is 3.03. The Morgan fingerprint density at radius 1 is 0.955 bits per heavy atom. The van der Waals surface area contributed by atoms with E-state index in [-0.39, 0.29) is 0 Å². The smallest absolute Gasteiger partial charge is 0.208 e. The van der Waals surface area contributed by atoms with E-state index in [1.54, 1.807) is 13.1 Å². The van der Waals surface area contributed by atoms with Crippen LogP contribution in [-0.4, -0.2) is 26.3 Å². The highest BCUT2D eigenvalue weighted by molar-refractivity contribution is 7.92. The summed E-state index contributed by atoms with van der Waals surface area (Å²) in [7, 11) is -1.74. The molecule has 0 aliphatic carbocycles. The third kappa shape index (κ3) is 5.13. The molecule has 22 heavy (non-hydrogen) atoms. The zero-order valence-electron chi connectivity index (χ0n) is 12.7. The van der Waals surface area contributed by atoms with Gasteiger partial charge < -0.3 is 0 Å². The molecule has 0 saturated carbocycles. The largest absolute Gasteiger partial charge is 0.235 e. The fourth-order valence-electron chi connectivity index (χ4n) is 2.11. The van der Waals surface area contributed by atoms with Crippen molar-refractivity contribution < 1.29 is 8.42 Å². The SMILES string of the molecule is CN(CCCc1ccccc1)S(=O)(=O)/C=C/c1ccccc1. The van der Waals surface area contributed by atoms with Gasteiger partial charge >= 0.3 is 0 Å². The van der Waals surface area contributed by atoms with Crippen LogP contribution in [0.3, 0.4) is 0 Å². The molecule has 2 aromatic carbocycles. The molecule has 0 spiro atoms. The minimum atomic E-state index is -3.36. The molecular formula is C18H21NO2S. The van der Waals surface area contributed by atoms with E-state index in [9.17, 15) is 8.42 Å². The molecule has 116 valence electrons. The van der Waals surface area contributed by atoms with Gasteiger partial charge in [0.25, 0.3) is 0 Å². The Morgan fingerprint density at radius 2 is 1.55 bits per heavy atom. The van der Waals surface area contributed by atoms with Gasteiger partial charge in [-0.2, -0.15) is 0 Å². The number of sulfonamides is 1. The van der Waals surface area contributed by atoms with Crippen LogP contribution < -0.4 is 0 Å². The van der Waals surface area contributed by atoms with Gasteiger partial charge in [0, 0.05) is 19.0 Å². The minimum Gasteiger partial charge on any atom is -0.208 e. The van der Waals surface area contributed by atoms with E-state index in [4.69, 9.17) is 0 Å². The van der Waals surface area contributed by atoms with Crippen LogP contribution in [0.4, 0.5) is 0 Å². The molecular weight excluding hydrogens is 294 g/mol. The van der Waals surface area contributed by atoms with Gasteiger partial charge in [-0.1, -0.05) is 60.7 Å². The molecule has 0 aliphatic rings. The lowest BCUT2D eigenvalue weighted by atomic mass is 10.1. The van der Waals surface area contributed by atoms with Crippen LogP contribution in [0, 0.1) is 0 Å². The summed E-state index contributed by atoms with van der Waals surface area (Å²) in [5.74, 6) is 0. The summed E-state index contributed by atoms with van der Waals surface area (Å²) in [5, 5.41) is 1.27. The molecule has 0 amide bonds. The molecule has 0 heterocycles. The fraction of sp³-hybridized carbons (Fsp3) is 0.222. The Labute approximate surface area is 133 Å². The summed E-state index contributed by atoms with van der Waals surface area (Å²) in [6.07, 6.45) is 3.31. The molecule has 0 aliphatic heterocycles. The van der Waals surface area contributed by atoms with Gasteiger partial charge in [0.15, 0.2) is 0 Å². The second-order valence-corrected chi connectivity index (χ2v) is 7.09. The topological polar surface area (TPSA) is 37.4 Å². The Morgan fingerprint density at radius 3 is 2.18 bits per heavy atom. The van der Waals surface area contributed by atoms with Crippen LogP contribution >= 0.6 is 0 Å². The van der Waals surface area contributed by atoms with Crippen LogP contribution in [0.15, 0.2) is 66.1 Å². The van der Waals surface area contributed by atoms with Crippen LogP contribution in [0.25, 0.3) is 6.08 Å². The number of benzene rings is 2. The van der Waals surface area contributed by atoms with E-state index >= 15 is 0 Å². The van der Waals surface area contributed by atoms with E-state index in [1.165, 1.54) is 15.3 Å². The molecule has 0 atom stereocenters. The number of hydrogen-bond donors (Lipinski definition) is 0. The van der Waals surface area contributed by atoms with Crippen LogP contribution in [0.2, 0.25) is 0 Å². The number of aryl methyl sites for hydroxylation is 1. The minimum absolute atomic E-state index is 0.510. The lowest BCUT2D eigenvalue weighted by Crippen LogP contribution is -2.26. The van der Waals surface area contributed by atoms with Gasteiger partial charge in [0.2, 0.25) is 10.0 Å². The van der Waals surface area contributed by atoms with E-state index in [0.29, 0.717) is 6.54 Å². The number of nitrogens with zero attached hydrogens (tertiary/aromatic N) is 1. The molecule has 0 N–H and O–H groups in total. The maximum atomic E-state index is 12.2. The van der Waals surface area contributed by atoms with Crippen molar-refractivity contribution in [2.45, 2.75) is 12.8 Å². The molecule has 4 heteroatoms. The predicted molar refractivity (Wildman–Crippen MR) is 91.8 cm³/mol. The van der Waals surface area contributed by atoms with Crippen molar-refractivity contribution in [1.82, 2.24) is 4.31 Å². The summed E-state index contributed by atoms with van der Waals surface area (Å²) in [6.45, 7) is 0.510. The Bertz CT molecular complexity index is 694. The van der Waals surface area contributed by atoms with Gasteiger partial charge in [0.1, 0.15) is 0 Å². The van der Waals surface area contributed by atoms with E-state index in [2.05, 4.69) is 12.1 Å². The average Bonchev–Trinajstić information content (AvgIpc) is 2.55. The van der Waals surface area contributed by atoms with E-state index in [0.717, 1.165) is 18.4 Å². The van der Waals surface area contributed by atoms with E-state index in [1.807, 2.05) is 48.5 Å². The third-order valence-electron chi connectivity index (χ3n) is 3.45. The van der Waals surface area contributed by atoms with Crippen molar-refractivity contribution in [2.75, 3.05) is 13.6 Å². The van der Waals surface area contributed by atoms with Gasteiger partial charge in [-0.3, -0.25) is 0 Å². The lowest BCUT2D eigenvalue weighted by Gasteiger charge is -2.14. The zero-order valence-corrected chi connectivity index (χ0v) is 13.5. The number of rotatable bonds is 7. The number of hydrogen-bond acceptors (Lipinski definition) is 2. The summed E-state index contributed by atoms with van der Waals surface area (Å²) in [4.78, 5) is 0. The van der Waals surface area contributed by atoms with Gasteiger partial charge in [-0.25, -0.2) is 12.7 Å². The molecule has 0 aromatic heterocycles. The first-order valence-electron chi connectivity index (χ1n) is 7.31. The molecule has 0 radical (unpaired) electrons. The normalized spacial score (nSPS) is 12.1. The Balaban J connectivity index is 1.88. The molecule has 2 aromatic rings. The van der Waals surface area contributed by atoms with Crippen LogP contribution in [-0.2, 0) is 16.4 Å². The standard InChI is InChI=1S/C18H21NO2S/c1-19(15-8-13-17-9-4-2-5-10-17)22(20,21)16-14-18-11-6-3-7-12-18/h2-7,9-12,14,16H,8,13,15H2,1H3/b16-14+. The Kier molecular flexibility index (Phi) is 5.92. The monoisotopic (exact) mass is 315 g/mol. The summed E-state index contributed by atoms with van der Waals surface area (Å²) >= 11 is 0. The third-order valence-corrected chi connectivity index (χ3v) is 4.98. The maximum absolute atomic E-state index is 12.2. The maximum Gasteiger partial charge on any atom is 0.235 e. The van der Waals surface area contributed by atoms with Crippen molar-refractivity contribution in [3.63, 3.8) is 0 Å². The van der Waals surface area contributed by atoms with E-state index < -0.39 is 10.0 Å². The first-order valence-corrected chi connectivity index (χ1v) is 8.82.